The summed E-state index contributed by atoms with van der Waals surface area (Å²) in [7, 11) is 0. The zero-order chi connectivity index (χ0) is 14.4. The summed E-state index contributed by atoms with van der Waals surface area (Å²) >= 11 is 3.35. The Hall–Kier alpha value is -1.72. The van der Waals surface area contributed by atoms with Crippen molar-refractivity contribution < 1.29 is 4.79 Å². The van der Waals surface area contributed by atoms with Crippen LogP contribution < -0.4 is 10.6 Å². The summed E-state index contributed by atoms with van der Waals surface area (Å²) in [6, 6.07) is 11.4. The highest BCUT2D eigenvalue weighted by atomic mass is 79.9. The third-order valence-corrected chi connectivity index (χ3v) is 3.35. The van der Waals surface area contributed by atoms with Gasteiger partial charge in [0.05, 0.1) is 12.2 Å². The smallest absolute Gasteiger partial charge is 0.238 e. The van der Waals surface area contributed by atoms with E-state index in [9.17, 15) is 4.79 Å². The number of hydrogen-bond acceptors (Lipinski definition) is 3. The van der Waals surface area contributed by atoms with Crippen LogP contribution in [-0.2, 0) is 11.3 Å². The largest absolute Gasteiger partial charge is 0.325 e. The van der Waals surface area contributed by atoms with E-state index < -0.39 is 0 Å². The molecule has 0 radical (unpaired) electrons. The molecule has 4 nitrogen and oxygen atoms in total. The zero-order valence-corrected chi connectivity index (χ0v) is 12.8. The third-order valence-electron chi connectivity index (χ3n) is 2.82. The molecule has 0 aliphatic heterocycles. The molecule has 1 heterocycles. The highest BCUT2D eigenvalue weighted by molar-refractivity contribution is 9.10. The van der Waals surface area contributed by atoms with Crippen molar-refractivity contribution in [1.29, 1.82) is 0 Å². The zero-order valence-electron chi connectivity index (χ0n) is 11.2. The summed E-state index contributed by atoms with van der Waals surface area (Å²) in [6.07, 6.45) is 1.76. The number of anilines is 1. The van der Waals surface area contributed by atoms with Gasteiger partial charge in [-0.15, -0.1) is 0 Å². The Bertz CT molecular complexity index is 584. The van der Waals surface area contributed by atoms with Gasteiger partial charge in [0, 0.05) is 22.9 Å². The number of amides is 1. The second kappa shape index (κ2) is 7.17. The standard InChI is InChI=1S/C15H16BrN3O/c1-11-3-2-8-18-14(11)9-17-10-15(20)19-13-6-4-12(16)5-7-13/h2-8,17H,9-10H2,1H3,(H,19,20). The fourth-order valence-electron chi connectivity index (χ4n) is 1.74. The summed E-state index contributed by atoms with van der Waals surface area (Å²) in [5, 5.41) is 5.92. The van der Waals surface area contributed by atoms with Crippen LogP contribution in [0.2, 0.25) is 0 Å². The van der Waals surface area contributed by atoms with E-state index in [0.717, 1.165) is 21.4 Å². The first-order valence-electron chi connectivity index (χ1n) is 6.32. The molecule has 1 aromatic carbocycles. The van der Waals surface area contributed by atoms with Crippen molar-refractivity contribution in [2.75, 3.05) is 11.9 Å². The lowest BCUT2D eigenvalue weighted by Crippen LogP contribution is -2.28. The predicted octanol–water partition coefficient (Wildman–Crippen LogP) is 2.88. The maximum absolute atomic E-state index is 11.8. The van der Waals surface area contributed by atoms with Crippen LogP contribution in [0.4, 0.5) is 5.69 Å². The van der Waals surface area contributed by atoms with Crippen LogP contribution in [-0.4, -0.2) is 17.4 Å². The number of halogens is 1. The van der Waals surface area contributed by atoms with E-state index >= 15 is 0 Å². The first-order valence-corrected chi connectivity index (χ1v) is 7.11. The van der Waals surface area contributed by atoms with Crippen LogP contribution in [0.5, 0.6) is 0 Å². The molecular formula is C15H16BrN3O. The summed E-state index contributed by atoms with van der Waals surface area (Å²) in [4.78, 5) is 16.0. The highest BCUT2D eigenvalue weighted by Gasteiger charge is 2.03. The molecule has 0 saturated carbocycles. The number of pyridine rings is 1. The van der Waals surface area contributed by atoms with Gasteiger partial charge in [-0.3, -0.25) is 9.78 Å². The first-order chi connectivity index (χ1) is 9.65. The van der Waals surface area contributed by atoms with Crippen LogP contribution in [0.1, 0.15) is 11.3 Å². The Balaban J connectivity index is 1.78. The van der Waals surface area contributed by atoms with Gasteiger partial charge in [0.1, 0.15) is 0 Å². The van der Waals surface area contributed by atoms with E-state index in [4.69, 9.17) is 0 Å². The van der Waals surface area contributed by atoms with E-state index in [1.807, 2.05) is 43.3 Å². The lowest BCUT2D eigenvalue weighted by molar-refractivity contribution is -0.115. The van der Waals surface area contributed by atoms with E-state index in [1.54, 1.807) is 6.20 Å². The predicted molar refractivity (Wildman–Crippen MR) is 83.5 cm³/mol. The Morgan fingerprint density at radius 1 is 1.25 bits per heavy atom. The van der Waals surface area contributed by atoms with Gasteiger partial charge < -0.3 is 10.6 Å². The molecule has 2 N–H and O–H groups in total. The fourth-order valence-corrected chi connectivity index (χ4v) is 2.00. The van der Waals surface area contributed by atoms with Crippen molar-refractivity contribution in [2.45, 2.75) is 13.5 Å². The molecule has 0 aliphatic rings. The molecule has 2 aromatic rings. The van der Waals surface area contributed by atoms with Crippen molar-refractivity contribution in [2.24, 2.45) is 0 Å². The molecule has 1 aromatic heterocycles. The lowest BCUT2D eigenvalue weighted by Gasteiger charge is -2.08. The molecule has 1 amide bonds. The number of nitrogens with one attached hydrogen (secondary N) is 2. The van der Waals surface area contributed by atoms with Gasteiger partial charge in [-0.05, 0) is 42.8 Å². The Morgan fingerprint density at radius 2 is 2.00 bits per heavy atom. The van der Waals surface area contributed by atoms with Gasteiger partial charge in [0.25, 0.3) is 0 Å². The Labute approximate surface area is 126 Å². The van der Waals surface area contributed by atoms with Gasteiger partial charge in [-0.2, -0.15) is 0 Å². The van der Waals surface area contributed by atoms with E-state index in [1.165, 1.54) is 0 Å². The monoisotopic (exact) mass is 333 g/mol. The molecule has 0 atom stereocenters. The minimum absolute atomic E-state index is 0.0686. The molecular weight excluding hydrogens is 318 g/mol. The summed E-state index contributed by atoms with van der Waals surface area (Å²) in [5.41, 5.74) is 2.87. The van der Waals surface area contributed by atoms with E-state index in [-0.39, 0.29) is 12.5 Å². The molecule has 0 saturated heterocycles. The number of hydrogen-bond donors (Lipinski definition) is 2. The Morgan fingerprint density at radius 3 is 2.70 bits per heavy atom. The van der Waals surface area contributed by atoms with Crippen LogP contribution in [0.25, 0.3) is 0 Å². The van der Waals surface area contributed by atoms with Crippen molar-refractivity contribution >= 4 is 27.5 Å². The second-order valence-electron chi connectivity index (χ2n) is 4.43. The molecule has 20 heavy (non-hydrogen) atoms. The maximum Gasteiger partial charge on any atom is 0.238 e. The third kappa shape index (κ3) is 4.43. The van der Waals surface area contributed by atoms with Gasteiger partial charge in [0.15, 0.2) is 0 Å². The molecule has 104 valence electrons. The number of rotatable bonds is 5. The molecule has 0 bridgehead atoms. The SMILES string of the molecule is Cc1cccnc1CNCC(=O)Nc1ccc(Br)cc1. The van der Waals surface area contributed by atoms with Crippen molar-refractivity contribution in [3.63, 3.8) is 0 Å². The fraction of sp³-hybridized carbons (Fsp3) is 0.200. The van der Waals surface area contributed by atoms with Gasteiger partial charge in [-0.1, -0.05) is 22.0 Å². The van der Waals surface area contributed by atoms with Crippen LogP contribution in [0.15, 0.2) is 47.1 Å². The minimum atomic E-state index is -0.0686. The average molecular weight is 334 g/mol. The summed E-state index contributed by atoms with van der Waals surface area (Å²) in [6.45, 7) is 2.85. The van der Waals surface area contributed by atoms with Crippen molar-refractivity contribution in [3.8, 4) is 0 Å². The summed E-state index contributed by atoms with van der Waals surface area (Å²) in [5.74, 6) is -0.0686. The van der Waals surface area contributed by atoms with E-state index in [0.29, 0.717) is 6.54 Å². The number of aromatic nitrogens is 1. The molecule has 0 fully saturated rings. The Kier molecular flexibility index (Phi) is 5.26. The van der Waals surface area contributed by atoms with Crippen LogP contribution >= 0.6 is 15.9 Å². The van der Waals surface area contributed by atoms with Crippen molar-refractivity contribution in [1.82, 2.24) is 10.3 Å². The molecule has 5 heteroatoms. The topological polar surface area (TPSA) is 54.0 Å². The van der Waals surface area contributed by atoms with E-state index in [2.05, 4.69) is 31.5 Å². The molecule has 0 spiro atoms. The minimum Gasteiger partial charge on any atom is -0.325 e. The summed E-state index contributed by atoms with van der Waals surface area (Å²) < 4.78 is 0.985. The average Bonchev–Trinajstić information content (AvgIpc) is 2.43. The quantitative estimate of drug-likeness (QED) is 0.884. The normalized spacial score (nSPS) is 10.3. The van der Waals surface area contributed by atoms with Crippen molar-refractivity contribution in [3.05, 3.63) is 58.3 Å². The highest BCUT2D eigenvalue weighted by Crippen LogP contribution is 2.13. The molecule has 2 rings (SSSR count). The molecule has 0 aliphatic carbocycles. The van der Waals surface area contributed by atoms with Gasteiger partial charge >= 0.3 is 0 Å². The van der Waals surface area contributed by atoms with Gasteiger partial charge in [0.2, 0.25) is 5.91 Å². The van der Waals surface area contributed by atoms with Crippen LogP contribution in [0, 0.1) is 6.92 Å². The van der Waals surface area contributed by atoms with Crippen LogP contribution in [0.3, 0.4) is 0 Å². The first kappa shape index (κ1) is 14.7. The molecule has 0 unspecified atom stereocenters. The number of carbonyl (C=O) groups is 1. The van der Waals surface area contributed by atoms with Gasteiger partial charge in [-0.25, -0.2) is 0 Å². The maximum atomic E-state index is 11.8. The number of aryl methyl sites for hydroxylation is 1. The second-order valence-corrected chi connectivity index (χ2v) is 5.34. The number of benzene rings is 1. The number of nitrogens with zero attached hydrogens (tertiary/aromatic N) is 1. The lowest BCUT2D eigenvalue weighted by atomic mass is 10.2. The number of carbonyl (C=O) groups excluding carboxylic acids is 1.